The molecule has 0 fully saturated rings. The van der Waals surface area contributed by atoms with Crippen molar-refractivity contribution in [2.45, 2.75) is 56.4 Å². The van der Waals surface area contributed by atoms with Gasteiger partial charge in [0, 0.05) is 12.6 Å². The van der Waals surface area contributed by atoms with Crippen molar-refractivity contribution in [1.82, 2.24) is 15.3 Å². The summed E-state index contributed by atoms with van der Waals surface area (Å²) >= 11 is 1.45. The van der Waals surface area contributed by atoms with E-state index in [-0.39, 0.29) is 11.2 Å². The van der Waals surface area contributed by atoms with Crippen molar-refractivity contribution in [2.24, 2.45) is 0 Å². The molecule has 140 valence electrons. The summed E-state index contributed by atoms with van der Waals surface area (Å²) in [7, 11) is 0. The van der Waals surface area contributed by atoms with Crippen LogP contribution in [0, 0.1) is 0 Å². The Morgan fingerprint density at radius 1 is 1.42 bits per heavy atom. The number of aromatic amines is 1. The summed E-state index contributed by atoms with van der Waals surface area (Å²) in [6.07, 6.45) is 8.25. The van der Waals surface area contributed by atoms with Gasteiger partial charge in [0.15, 0.2) is 5.16 Å². The van der Waals surface area contributed by atoms with E-state index >= 15 is 0 Å². The lowest BCUT2D eigenvalue weighted by atomic mass is 9.97. The highest BCUT2D eigenvalue weighted by atomic mass is 32.2. The molecular weight excluding hydrogens is 346 g/mol. The van der Waals surface area contributed by atoms with Crippen LogP contribution in [0.25, 0.3) is 11.0 Å². The van der Waals surface area contributed by atoms with E-state index in [1.54, 1.807) is 0 Å². The molecule has 0 bridgehead atoms. The fraction of sp³-hybridized carbons (Fsp3) is 0.500. The molecule has 0 aliphatic heterocycles. The van der Waals surface area contributed by atoms with Crippen molar-refractivity contribution < 1.29 is 9.53 Å². The molecule has 1 atom stereocenters. The maximum Gasteiger partial charge on any atom is 0.233 e. The zero-order valence-corrected chi connectivity index (χ0v) is 16.3. The third kappa shape index (κ3) is 5.04. The molecule has 0 saturated heterocycles. The number of imidazole rings is 1. The van der Waals surface area contributed by atoms with E-state index in [2.05, 4.69) is 21.4 Å². The highest BCUT2D eigenvalue weighted by Gasteiger charge is 2.16. The van der Waals surface area contributed by atoms with Crippen molar-refractivity contribution >= 4 is 28.7 Å². The van der Waals surface area contributed by atoms with E-state index in [4.69, 9.17) is 4.74 Å². The zero-order chi connectivity index (χ0) is 18.4. The number of nitrogens with zero attached hydrogens (tertiary/aromatic N) is 1. The summed E-state index contributed by atoms with van der Waals surface area (Å²) in [4.78, 5) is 20.2. The lowest BCUT2D eigenvalue weighted by Crippen LogP contribution is -2.31. The van der Waals surface area contributed by atoms with Gasteiger partial charge in [0.2, 0.25) is 5.91 Å². The number of thioether (sulfide) groups is 1. The molecule has 3 rings (SSSR count). The molecule has 1 aromatic carbocycles. The molecule has 1 amide bonds. The van der Waals surface area contributed by atoms with Crippen LogP contribution in [0.3, 0.4) is 0 Å². The second kappa shape index (κ2) is 9.12. The van der Waals surface area contributed by atoms with E-state index in [0.29, 0.717) is 13.2 Å². The van der Waals surface area contributed by atoms with Gasteiger partial charge in [-0.15, -0.1) is 0 Å². The van der Waals surface area contributed by atoms with Gasteiger partial charge in [-0.25, -0.2) is 4.98 Å². The van der Waals surface area contributed by atoms with Crippen LogP contribution in [0.1, 0.15) is 46.0 Å². The van der Waals surface area contributed by atoms with Crippen molar-refractivity contribution in [3.8, 4) is 5.75 Å². The summed E-state index contributed by atoms with van der Waals surface area (Å²) in [5, 5.41) is 3.61. The monoisotopic (exact) mass is 373 g/mol. The van der Waals surface area contributed by atoms with Gasteiger partial charge in [-0.2, -0.15) is 0 Å². The Bertz CT molecular complexity index is 784. The minimum Gasteiger partial charge on any atom is -0.494 e. The molecular formula is C20H27N3O2S. The average molecular weight is 374 g/mol. The maximum atomic E-state index is 12.3. The van der Waals surface area contributed by atoms with Gasteiger partial charge in [0.1, 0.15) is 5.75 Å². The van der Waals surface area contributed by atoms with E-state index in [1.165, 1.54) is 43.0 Å². The SMILES string of the molecule is CCOc1ccc2nc(S[C@H](C)C(=O)NCCC3=CCCCC3)[nH]c2c1. The van der Waals surface area contributed by atoms with Crippen LogP contribution in [0.2, 0.25) is 0 Å². The smallest absolute Gasteiger partial charge is 0.233 e. The number of ether oxygens (including phenoxy) is 1. The number of allylic oxidation sites excluding steroid dienone is 1. The summed E-state index contributed by atoms with van der Waals surface area (Å²) < 4.78 is 5.51. The first-order valence-corrected chi connectivity index (χ1v) is 10.3. The fourth-order valence-corrected chi connectivity index (χ4v) is 3.97. The molecule has 6 heteroatoms. The van der Waals surface area contributed by atoms with E-state index < -0.39 is 0 Å². The Balaban J connectivity index is 1.51. The molecule has 1 aliphatic carbocycles. The summed E-state index contributed by atoms with van der Waals surface area (Å²) in [5.41, 5.74) is 3.29. The number of hydrogen-bond donors (Lipinski definition) is 2. The van der Waals surface area contributed by atoms with Crippen molar-refractivity contribution in [2.75, 3.05) is 13.2 Å². The molecule has 0 radical (unpaired) electrons. The number of hydrogen-bond acceptors (Lipinski definition) is 4. The number of H-pyrrole nitrogens is 1. The Morgan fingerprint density at radius 2 is 2.31 bits per heavy atom. The lowest BCUT2D eigenvalue weighted by molar-refractivity contribution is -0.120. The van der Waals surface area contributed by atoms with Crippen LogP contribution >= 0.6 is 11.8 Å². The maximum absolute atomic E-state index is 12.3. The molecule has 5 nitrogen and oxygen atoms in total. The van der Waals surface area contributed by atoms with Crippen molar-refractivity contribution in [3.63, 3.8) is 0 Å². The quantitative estimate of drug-likeness (QED) is 0.530. The number of rotatable bonds is 8. The first-order valence-electron chi connectivity index (χ1n) is 9.40. The Hall–Kier alpha value is -1.95. The minimum atomic E-state index is -0.192. The van der Waals surface area contributed by atoms with Crippen LogP contribution in [0.4, 0.5) is 0 Å². The van der Waals surface area contributed by atoms with Gasteiger partial charge < -0.3 is 15.0 Å². The van der Waals surface area contributed by atoms with Gasteiger partial charge in [-0.05, 0) is 58.1 Å². The topological polar surface area (TPSA) is 67.0 Å². The minimum absolute atomic E-state index is 0.0573. The van der Waals surface area contributed by atoms with Crippen LogP contribution in [-0.4, -0.2) is 34.3 Å². The highest BCUT2D eigenvalue weighted by molar-refractivity contribution is 8.00. The van der Waals surface area contributed by atoms with Crippen LogP contribution in [0.15, 0.2) is 35.0 Å². The number of amides is 1. The zero-order valence-electron chi connectivity index (χ0n) is 15.5. The van der Waals surface area contributed by atoms with Crippen molar-refractivity contribution in [1.29, 1.82) is 0 Å². The number of aromatic nitrogens is 2. The predicted molar refractivity (Wildman–Crippen MR) is 107 cm³/mol. The largest absolute Gasteiger partial charge is 0.494 e. The van der Waals surface area contributed by atoms with Gasteiger partial charge in [-0.1, -0.05) is 23.4 Å². The first-order chi connectivity index (χ1) is 12.7. The van der Waals surface area contributed by atoms with Gasteiger partial charge in [0.25, 0.3) is 0 Å². The number of benzene rings is 1. The second-order valence-electron chi connectivity index (χ2n) is 6.56. The summed E-state index contributed by atoms with van der Waals surface area (Å²) in [6.45, 7) is 5.23. The molecule has 1 aromatic heterocycles. The molecule has 0 saturated carbocycles. The van der Waals surface area contributed by atoms with Crippen LogP contribution < -0.4 is 10.1 Å². The predicted octanol–water partition coefficient (Wildman–Crippen LogP) is 4.45. The molecule has 26 heavy (non-hydrogen) atoms. The fourth-order valence-electron chi connectivity index (χ4n) is 3.12. The Labute approximate surface area is 159 Å². The van der Waals surface area contributed by atoms with Crippen LogP contribution in [0.5, 0.6) is 5.75 Å². The standard InChI is InChI=1S/C20H27N3O2S/c1-3-25-16-9-10-17-18(13-16)23-20(22-17)26-14(2)19(24)21-12-11-15-7-5-4-6-8-15/h7,9-10,13-14H,3-6,8,11-12H2,1-2H3,(H,21,24)(H,22,23)/t14-/m1/s1. The summed E-state index contributed by atoms with van der Waals surface area (Å²) in [6, 6.07) is 5.79. The van der Waals surface area contributed by atoms with Crippen LogP contribution in [-0.2, 0) is 4.79 Å². The third-order valence-electron chi connectivity index (χ3n) is 4.53. The molecule has 2 aromatic rings. The third-order valence-corrected chi connectivity index (χ3v) is 5.51. The summed E-state index contributed by atoms with van der Waals surface area (Å²) in [5.74, 6) is 0.880. The number of fused-ring (bicyclic) bond motifs is 1. The van der Waals surface area contributed by atoms with Gasteiger partial charge >= 0.3 is 0 Å². The van der Waals surface area contributed by atoms with Crippen molar-refractivity contribution in [3.05, 3.63) is 29.8 Å². The number of carbonyl (C=O) groups is 1. The Kier molecular flexibility index (Phi) is 6.61. The lowest BCUT2D eigenvalue weighted by Gasteiger charge is -2.14. The normalized spacial score (nSPS) is 15.5. The van der Waals surface area contributed by atoms with Gasteiger partial charge in [0.05, 0.1) is 22.9 Å². The van der Waals surface area contributed by atoms with E-state index in [1.807, 2.05) is 32.0 Å². The number of nitrogens with one attached hydrogen (secondary N) is 2. The van der Waals surface area contributed by atoms with Gasteiger partial charge in [-0.3, -0.25) is 4.79 Å². The van der Waals surface area contributed by atoms with E-state index in [9.17, 15) is 4.79 Å². The Morgan fingerprint density at radius 3 is 3.08 bits per heavy atom. The molecule has 2 N–H and O–H groups in total. The van der Waals surface area contributed by atoms with E-state index in [0.717, 1.165) is 28.4 Å². The second-order valence-corrected chi connectivity index (χ2v) is 7.89. The highest BCUT2D eigenvalue weighted by Crippen LogP contribution is 2.26. The molecule has 0 unspecified atom stereocenters. The first kappa shape index (κ1) is 18.8. The average Bonchev–Trinajstić information content (AvgIpc) is 3.04. The molecule has 0 spiro atoms. The number of carbonyl (C=O) groups excluding carboxylic acids is 1. The molecule has 1 heterocycles. The molecule has 1 aliphatic rings.